The third-order valence-electron chi connectivity index (χ3n) is 5.33. The van der Waals surface area contributed by atoms with Crippen molar-refractivity contribution >= 4 is 11.7 Å². The first-order valence-electron chi connectivity index (χ1n) is 10.5. The number of anilines is 1. The zero-order valence-electron chi connectivity index (χ0n) is 17.0. The van der Waals surface area contributed by atoms with Crippen LogP contribution >= 0.6 is 0 Å². The van der Waals surface area contributed by atoms with Crippen LogP contribution in [0.25, 0.3) is 0 Å². The maximum Gasteiger partial charge on any atom is 0.319 e. The lowest BCUT2D eigenvalue weighted by Gasteiger charge is -2.34. The summed E-state index contributed by atoms with van der Waals surface area (Å²) >= 11 is 0. The Morgan fingerprint density at radius 2 is 1.83 bits per heavy atom. The van der Waals surface area contributed by atoms with Gasteiger partial charge >= 0.3 is 6.03 Å². The Balaban J connectivity index is 1.30. The Morgan fingerprint density at radius 3 is 2.63 bits per heavy atom. The molecule has 3 aromatic rings. The minimum absolute atomic E-state index is 0.185. The molecule has 4 rings (SSSR count). The molecule has 2 amide bonds. The van der Waals surface area contributed by atoms with Crippen molar-refractivity contribution in [3.63, 3.8) is 0 Å². The van der Waals surface area contributed by atoms with Crippen LogP contribution in [0, 0.1) is 0 Å². The minimum atomic E-state index is -0.185. The summed E-state index contributed by atoms with van der Waals surface area (Å²) in [6, 6.07) is 19.7. The quantitative estimate of drug-likeness (QED) is 0.624. The van der Waals surface area contributed by atoms with E-state index in [9.17, 15) is 4.79 Å². The second-order valence-electron chi connectivity index (χ2n) is 7.59. The van der Waals surface area contributed by atoms with Crippen LogP contribution in [0.1, 0.15) is 36.5 Å². The highest BCUT2D eigenvalue weighted by Crippen LogP contribution is 2.19. The highest BCUT2D eigenvalue weighted by atomic mass is 16.5. The van der Waals surface area contributed by atoms with Gasteiger partial charge in [-0.1, -0.05) is 60.1 Å². The third-order valence-corrected chi connectivity index (χ3v) is 5.33. The van der Waals surface area contributed by atoms with E-state index in [1.165, 1.54) is 0 Å². The van der Waals surface area contributed by atoms with Crippen LogP contribution in [0.4, 0.5) is 10.5 Å². The molecule has 156 valence electrons. The van der Waals surface area contributed by atoms with Crippen molar-refractivity contribution in [1.82, 2.24) is 20.4 Å². The number of aromatic nitrogens is 2. The summed E-state index contributed by atoms with van der Waals surface area (Å²) in [7, 11) is 0. The molecule has 2 aromatic carbocycles. The number of urea groups is 1. The standard InChI is InChI=1S/C23H27N5O2/c29-23(25-19-11-5-2-6-12-19)24-16-20-13-7-8-14-28(20)17-22-26-21(27-30-22)15-18-9-3-1-4-10-18/h1-6,9-12,20H,7-8,13-17H2,(H2,24,25,29)/t20-/m1/s1. The molecule has 1 aliphatic heterocycles. The van der Waals surface area contributed by atoms with Crippen molar-refractivity contribution in [2.24, 2.45) is 0 Å². The van der Waals surface area contributed by atoms with Gasteiger partial charge in [0.15, 0.2) is 5.82 Å². The lowest BCUT2D eigenvalue weighted by Crippen LogP contribution is -2.47. The van der Waals surface area contributed by atoms with E-state index in [0.717, 1.165) is 37.1 Å². The van der Waals surface area contributed by atoms with E-state index in [0.29, 0.717) is 31.2 Å². The molecule has 0 unspecified atom stereocenters. The molecule has 2 heterocycles. The fraction of sp³-hybridized carbons (Fsp3) is 0.348. The first-order chi connectivity index (χ1) is 14.8. The smallest absolute Gasteiger partial charge is 0.319 e. The third kappa shape index (κ3) is 5.67. The Morgan fingerprint density at radius 1 is 1.07 bits per heavy atom. The number of nitrogens with zero attached hydrogens (tertiary/aromatic N) is 3. The summed E-state index contributed by atoms with van der Waals surface area (Å²) < 4.78 is 5.49. The fourth-order valence-corrected chi connectivity index (χ4v) is 3.78. The van der Waals surface area contributed by atoms with Crippen LogP contribution in [0.2, 0.25) is 0 Å². The van der Waals surface area contributed by atoms with Crippen LogP contribution in [0.15, 0.2) is 65.2 Å². The topological polar surface area (TPSA) is 83.3 Å². The van der Waals surface area contributed by atoms with E-state index >= 15 is 0 Å². The number of hydrogen-bond acceptors (Lipinski definition) is 5. The number of amides is 2. The zero-order chi connectivity index (χ0) is 20.6. The molecule has 0 aliphatic carbocycles. The van der Waals surface area contributed by atoms with Crippen molar-refractivity contribution < 1.29 is 9.32 Å². The number of benzene rings is 2. The van der Waals surface area contributed by atoms with Gasteiger partial charge in [0.25, 0.3) is 0 Å². The van der Waals surface area contributed by atoms with Crippen LogP contribution in [0.5, 0.6) is 0 Å². The average molecular weight is 406 g/mol. The molecule has 1 aromatic heterocycles. The number of rotatable bonds is 7. The summed E-state index contributed by atoms with van der Waals surface area (Å²) in [6.07, 6.45) is 4.00. The Kier molecular flexibility index (Phi) is 6.72. The lowest BCUT2D eigenvalue weighted by atomic mass is 10.0. The molecule has 30 heavy (non-hydrogen) atoms. The molecule has 7 heteroatoms. The molecule has 1 aliphatic rings. The molecule has 7 nitrogen and oxygen atoms in total. The summed E-state index contributed by atoms with van der Waals surface area (Å²) in [5.41, 5.74) is 1.95. The van der Waals surface area contributed by atoms with Crippen molar-refractivity contribution in [3.05, 3.63) is 77.9 Å². The minimum Gasteiger partial charge on any atom is -0.338 e. The number of carbonyl (C=O) groups excluding carboxylic acids is 1. The number of hydrogen-bond donors (Lipinski definition) is 2. The summed E-state index contributed by atoms with van der Waals surface area (Å²) in [4.78, 5) is 19.1. The monoisotopic (exact) mass is 405 g/mol. The number of piperidine rings is 1. The summed E-state index contributed by atoms with van der Waals surface area (Å²) in [5.74, 6) is 1.33. The molecule has 1 saturated heterocycles. The number of likely N-dealkylation sites (tertiary alicyclic amines) is 1. The zero-order valence-corrected chi connectivity index (χ0v) is 17.0. The van der Waals surface area contributed by atoms with Crippen molar-refractivity contribution in [1.29, 1.82) is 0 Å². The Bertz CT molecular complexity index is 929. The van der Waals surface area contributed by atoms with Crippen LogP contribution < -0.4 is 10.6 Å². The lowest BCUT2D eigenvalue weighted by molar-refractivity contribution is 0.123. The van der Waals surface area contributed by atoms with Gasteiger partial charge < -0.3 is 15.2 Å². The molecular weight excluding hydrogens is 378 g/mol. The molecule has 0 bridgehead atoms. The predicted molar refractivity (Wildman–Crippen MR) is 115 cm³/mol. The van der Waals surface area contributed by atoms with Crippen LogP contribution in [0.3, 0.4) is 0 Å². The van der Waals surface area contributed by atoms with E-state index < -0.39 is 0 Å². The fourth-order valence-electron chi connectivity index (χ4n) is 3.78. The second kappa shape index (κ2) is 10.0. The van der Waals surface area contributed by atoms with Gasteiger partial charge in [0.2, 0.25) is 5.89 Å². The van der Waals surface area contributed by atoms with Gasteiger partial charge in [0.1, 0.15) is 0 Å². The van der Waals surface area contributed by atoms with Crippen molar-refractivity contribution in [3.8, 4) is 0 Å². The van der Waals surface area contributed by atoms with Gasteiger partial charge in [-0.3, -0.25) is 4.90 Å². The maximum absolute atomic E-state index is 12.2. The van der Waals surface area contributed by atoms with E-state index in [1.807, 2.05) is 48.5 Å². The largest absolute Gasteiger partial charge is 0.338 e. The molecular formula is C23H27N5O2. The number of para-hydroxylation sites is 1. The van der Waals surface area contributed by atoms with E-state index in [-0.39, 0.29) is 12.1 Å². The summed E-state index contributed by atoms with van der Waals surface area (Å²) in [6.45, 7) is 2.15. The van der Waals surface area contributed by atoms with Gasteiger partial charge in [-0.15, -0.1) is 0 Å². The first kappa shape index (κ1) is 20.1. The summed E-state index contributed by atoms with van der Waals surface area (Å²) in [5, 5.41) is 9.99. The average Bonchev–Trinajstić information content (AvgIpc) is 3.21. The number of carbonyl (C=O) groups is 1. The van der Waals surface area contributed by atoms with E-state index in [4.69, 9.17) is 4.52 Å². The van der Waals surface area contributed by atoms with Gasteiger partial charge in [0.05, 0.1) is 6.54 Å². The highest BCUT2D eigenvalue weighted by Gasteiger charge is 2.25. The van der Waals surface area contributed by atoms with Gasteiger partial charge in [-0.25, -0.2) is 4.79 Å². The molecule has 1 atom stereocenters. The van der Waals surface area contributed by atoms with E-state index in [2.05, 4.69) is 37.8 Å². The first-order valence-corrected chi connectivity index (χ1v) is 10.5. The molecule has 0 radical (unpaired) electrons. The normalized spacial score (nSPS) is 16.9. The van der Waals surface area contributed by atoms with Crippen molar-refractivity contribution in [2.75, 3.05) is 18.4 Å². The van der Waals surface area contributed by atoms with Gasteiger partial charge in [-0.05, 0) is 37.1 Å². The molecule has 1 fully saturated rings. The van der Waals surface area contributed by atoms with Crippen LogP contribution in [-0.2, 0) is 13.0 Å². The highest BCUT2D eigenvalue weighted by molar-refractivity contribution is 5.89. The molecule has 2 N–H and O–H groups in total. The maximum atomic E-state index is 12.2. The Labute approximate surface area is 176 Å². The number of nitrogens with one attached hydrogen (secondary N) is 2. The van der Waals surface area contributed by atoms with Gasteiger partial charge in [-0.2, -0.15) is 4.98 Å². The van der Waals surface area contributed by atoms with Crippen molar-refractivity contribution in [2.45, 2.75) is 38.3 Å². The van der Waals surface area contributed by atoms with E-state index in [1.54, 1.807) is 0 Å². The predicted octanol–water partition coefficient (Wildman–Crippen LogP) is 3.84. The second-order valence-corrected chi connectivity index (χ2v) is 7.59. The van der Waals surface area contributed by atoms with Gasteiger partial charge in [0, 0.05) is 24.7 Å². The van der Waals surface area contributed by atoms with Crippen LogP contribution in [-0.4, -0.2) is 40.2 Å². The molecule has 0 spiro atoms. The SMILES string of the molecule is O=C(NC[C@H]1CCCCN1Cc1nc(Cc2ccccc2)no1)Nc1ccccc1. The Hall–Kier alpha value is -3.19. The molecule has 0 saturated carbocycles.